The molecule has 0 amide bonds. The summed E-state index contributed by atoms with van der Waals surface area (Å²) in [6.07, 6.45) is -0.408. The van der Waals surface area contributed by atoms with E-state index < -0.39 is 18.0 Å². The molecule has 1 aliphatic rings. The van der Waals surface area contributed by atoms with Crippen molar-refractivity contribution in [1.82, 2.24) is 0 Å². The summed E-state index contributed by atoms with van der Waals surface area (Å²) < 4.78 is 16.1. The Labute approximate surface area is 156 Å². The predicted octanol–water partition coefficient (Wildman–Crippen LogP) is 3.71. The minimum atomic E-state index is -0.878. The van der Waals surface area contributed by atoms with Crippen molar-refractivity contribution in [1.29, 1.82) is 0 Å². The van der Waals surface area contributed by atoms with E-state index in [0.29, 0.717) is 22.8 Å². The summed E-state index contributed by atoms with van der Waals surface area (Å²) in [6.45, 7) is 1.79. The summed E-state index contributed by atoms with van der Waals surface area (Å²) in [4.78, 5) is 24.9. The Hall–Kier alpha value is -2.53. The summed E-state index contributed by atoms with van der Waals surface area (Å²) in [6, 6.07) is 12.0. The van der Waals surface area contributed by atoms with E-state index in [4.69, 9.17) is 25.8 Å². The highest BCUT2D eigenvalue weighted by atomic mass is 35.5. The second-order valence-corrected chi connectivity index (χ2v) is 6.57. The first kappa shape index (κ1) is 18.3. The Morgan fingerprint density at radius 3 is 2.62 bits per heavy atom. The van der Waals surface area contributed by atoms with Gasteiger partial charge in [0.25, 0.3) is 0 Å². The second kappa shape index (κ2) is 7.79. The summed E-state index contributed by atoms with van der Waals surface area (Å²) >= 11 is 5.99. The molecule has 0 spiro atoms. The van der Waals surface area contributed by atoms with Gasteiger partial charge in [0, 0.05) is 10.6 Å². The zero-order chi connectivity index (χ0) is 18.7. The van der Waals surface area contributed by atoms with Crippen LogP contribution in [0.1, 0.15) is 22.8 Å². The number of hydrogen-bond acceptors (Lipinski definition) is 5. The molecule has 0 fully saturated rings. The Bertz CT molecular complexity index is 815. The monoisotopic (exact) mass is 374 g/mol. The molecular formula is C20H19ClO5. The van der Waals surface area contributed by atoms with E-state index in [1.54, 1.807) is 56.5 Å². The molecule has 0 N–H and O–H groups in total. The van der Waals surface area contributed by atoms with Crippen LogP contribution in [0.5, 0.6) is 11.5 Å². The van der Waals surface area contributed by atoms with Crippen LogP contribution < -0.4 is 9.47 Å². The van der Waals surface area contributed by atoms with Crippen LogP contribution in [0.25, 0.3) is 0 Å². The van der Waals surface area contributed by atoms with Crippen LogP contribution in [0.4, 0.5) is 0 Å². The predicted molar refractivity (Wildman–Crippen MR) is 97.0 cm³/mol. The van der Waals surface area contributed by atoms with Crippen molar-refractivity contribution in [2.45, 2.75) is 19.4 Å². The lowest BCUT2D eigenvalue weighted by Gasteiger charge is -2.25. The number of ether oxygens (including phenoxy) is 3. The molecule has 5 nitrogen and oxygen atoms in total. The molecule has 136 valence electrons. The topological polar surface area (TPSA) is 61.8 Å². The molecule has 26 heavy (non-hydrogen) atoms. The average Bonchev–Trinajstić information content (AvgIpc) is 2.66. The molecular weight excluding hydrogens is 356 g/mol. The van der Waals surface area contributed by atoms with Gasteiger partial charge in [0.2, 0.25) is 5.78 Å². The lowest BCUT2D eigenvalue weighted by molar-refractivity contribution is -0.152. The minimum absolute atomic E-state index is 0.219. The van der Waals surface area contributed by atoms with E-state index in [1.807, 2.05) is 0 Å². The number of hydrogen-bond donors (Lipinski definition) is 0. The fourth-order valence-electron chi connectivity index (χ4n) is 2.83. The number of ketones is 1. The van der Waals surface area contributed by atoms with Gasteiger partial charge in [-0.15, -0.1) is 0 Å². The van der Waals surface area contributed by atoms with Crippen LogP contribution in [-0.4, -0.2) is 31.6 Å². The van der Waals surface area contributed by atoms with E-state index in [-0.39, 0.29) is 12.4 Å². The molecule has 1 aliphatic heterocycles. The van der Waals surface area contributed by atoms with Gasteiger partial charge in [0.1, 0.15) is 18.1 Å². The lowest BCUT2D eigenvalue weighted by atomic mass is 9.97. The Morgan fingerprint density at radius 2 is 1.92 bits per heavy atom. The van der Waals surface area contributed by atoms with Gasteiger partial charge in [-0.05, 0) is 61.4 Å². The summed E-state index contributed by atoms with van der Waals surface area (Å²) in [5.41, 5.74) is 1.32. The largest absolute Gasteiger partial charge is 0.497 e. The second-order valence-electron chi connectivity index (χ2n) is 6.14. The molecule has 0 saturated carbocycles. The van der Waals surface area contributed by atoms with Gasteiger partial charge in [-0.2, -0.15) is 0 Å². The standard InChI is InChI=1S/C20H19ClO5/c1-12(19(22)13-3-6-17(24-2)7-4-13)26-20(23)15-9-14-10-16(21)5-8-18(14)25-11-15/h3-8,10,12,15H,9,11H2,1-2H3/t12-,15-/m1/s1. The number of halogens is 1. The Kier molecular flexibility index (Phi) is 5.47. The molecule has 0 saturated heterocycles. The fraction of sp³-hybridized carbons (Fsp3) is 0.300. The number of rotatable bonds is 5. The molecule has 2 aromatic rings. The lowest BCUT2D eigenvalue weighted by Crippen LogP contribution is -2.34. The van der Waals surface area contributed by atoms with E-state index in [1.165, 1.54) is 0 Å². The van der Waals surface area contributed by atoms with Gasteiger partial charge in [-0.3, -0.25) is 9.59 Å². The zero-order valence-electron chi connectivity index (χ0n) is 14.5. The maximum absolute atomic E-state index is 12.4. The smallest absolute Gasteiger partial charge is 0.313 e. The number of fused-ring (bicyclic) bond motifs is 1. The van der Waals surface area contributed by atoms with E-state index in [0.717, 1.165) is 11.3 Å². The number of carbonyl (C=O) groups excluding carboxylic acids is 2. The summed E-state index contributed by atoms with van der Waals surface area (Å²) in [5, 5.41) is 0.587. The van der Waals surface area contributed by atoms with Crippen LogP contribution in [0.3, 0.4) is 0 Å². The first-order chi connectivity index (χ1) is 12.5. The molecule has 0 bridgehead atoms. The molecule has 0 radical (unpaired) electrons. The molecule has 2 aromatic carbocycles. The van der Waals surface area contributed by atoms with E-state index in [2.05, 4.69) is 0 Å². The van der Waals surface area contributed by atoms with Gasteiger partial charge in [-0.25, -0.2) is 0 Å². The van der Waals surface area contributed by atoms with Crippen LogP contribution in [0.2, 0.25) is 5.02 Å². The fourth-order valence-corrected chi connectivity index (χ4v) is 3.02. The molecule has 6 heteroatoms. The Balaban J connectivity index is 1.62. The van der Waals surface area contributed by atoms with Gasteiger partial charge in [0.05, 0.1) is 13.0 Å². The Morgan fingerprint density at radius 1 is 1.19 bits per heavy atom. The van der Waals surface area contributed by atoms with Gasteiger partial charge in [0.15, 0.2) is 6.10 Å². The van der Waals surface area contributed by atoms with Gasteiger partial charge >= 0.3 is 5.97 Å². The SMILES string of the molecule is COc1ccc(C(=O)[C@@H](C)OC(=O)[C@H]2COc3ccc(Cl)cc3C2)cc1. The van der Waals surface area contributed by atoms with E-state index >= 15 is 0 Å². The molecule has 2 atom stereocenters. The van der Waals surface area contributed by atoms with Crippen LogP contribution in [0.15, 0.2) is 42.5 Å². The quantitative estimate of drug-likeness (QED) is 0.589. The van der Waals surface area contributed by atoms with Crippen molar-refractivity contribution in [3.8, 4) is 11.5 Å². The van der Waals surface area contributed by atoms with Crippen LogP contribution >= 0.6 is 11.6 Å². The number of methoxy groups -OCH3 is 1. The normalized spacial score (nSPS) is 16.8. The third kappa shape index (κ3) is 3.99. The van der Waals surface area contributed by atoms with Crippen molar-refractivity contribution in [2.75, 3.05) is 13.7 Å². The number of Topliss-reactive ketones (excluding diaryl/α,β-unsaturated/α-hetero) is 1. The molecule has 1 heterocycles. The first-order valence-corrected chi connectivity index (χ1v) is 8.65. The van der Waals surface area contributed by atoms with Crippen molar-refractivity contribution in [2.24, 2.45) is 5.92 Å². The average molecular weight is 375 g/mol. The molecule has 0 aromatic heterocycles. The molecule has 3 rings (SSSR count). The number of carbonyl (C=O) groups is 2. The number of esters is 1. The van der Waals surface area contributed by atoms with Crippen LogP contribution in [-0.2, 0) is 16.0 Å². The summed E-state index contributed by atoms with van der Waals surface area (Å²) in [7, 11) is 1.55. The third-order valence-electron chi connectivity index (χ3n) is 4.30. The van der Waals surface area contributed by atoms with Gasteiger partial charge in [-0.1, -0.05) is 11.6 Å². The van der Waals surface area contributed by atoms with E-state index in [9.17, 15) is 9.59 Å². The highest BCUT2D eigenvalue weighted by Gasteiger charge is 2.30. The van der Waals surface area contributed by atoms with Crippen molar-refractivity contribution < 1.29 is 23.8 Å². The van der Waals surface area contributed by atoms with Crippen molar-refractivity contribution in [3.05, 3.63) is 58.6 Å². The first-order valence-electron chi connectivity index (χ1n) is 8.28. The highest BCUT2D eigenvalue weighted by Crippen LogP contribution is 2.30. The maximum atomic E-state index is 12.4. The van der Waals surface area contributed by atoms with Crippen LogP contribution in [0, 0.1) is 5.92 Å². The number of benzene rings is 2. The maximum Gasteiger partial charge on any atom is 0.313 e. The van der Waals surface area contributed by atoms with Gasteiger partial charge < -0.3 is 14.2 Å². The minimum Gasteiger partial charge on any atom is -0.497 e. The highest BCUT2D eigenvalue weighted by molar-refractivity contribution is 6.30. The van der Waals surface area contributed by atoms with Crippen molar-refractivity contribution in [3.63, 3.8) is 0 Å². The molecule has 0 aliphatic carbocycles. The van der Waals surface area contributed by atoms with Crippen molar-refractivity contribution >= 4 is 23.4 Å². The molecule has 0 unspecified atom stereocenters. The third-order valence-corrected chi connectivity index (χ3v) is 4.53. The summed E-state index contributed by atoms with van der Waals surface area (Å²) in [5.74, 6) is 0.196. The zero-order valence-corrected chi connectivity index (χ0v) is 15.3.